The first-order valence-electron chi connectivity index (χ1n) is 4.47. The van der Waals surface area contributed by atoms with E-state index in [9.17, 15) is 4.79 Å². The standard InChI is InChI=1S/C9H19NO3/c1-5-13-9(2,3)6-7(10-4)8(11)12/h7,10H,5-6H2,1-4H3,(H,11,12). The van der Waals surface area contributed by atoms with Gasteiger partial charge in [-0.05, 0) is 27.8 Å². The van der Waals surface area contributed by atoms with Gasteiger partial charge in [-0.15, -0.1) is 0 Å². The van der Waals surface area contributed by atoms with Gasteiger partial charge in [-0.25, -0.2) is 0 Å². The third kappa shape index (κ3) is 4.85. The number of hydrogen-bond acceptors (Lipinski definition) is 3. The van der Waals surface area contributed by atoms with E-state index in [1.54, 1.807) is 7.05 Å². The molecule has 78 valence electrons. The van der Waals surface area contributed by atoms with Gasteiger partial charge in [-0.1, -0.05) is 0 Å². The van der Waals surface area contributed by atoms with Gasteiger partial charge in [0.25, 0.3) is 0 Å². The monoisotopic (exact) mass is 189 g/mol. The summed E-state index contributed by atoms with van der Waals surface area (Å²) in [5.74, 6) is -0.838. The van der Waals surface area contributed by atoms with Gasteiger partial charge in [0.2, 0.25) is 0 Å². The minimum atomic E-state index is -0.838. The highest BCUT2D eigenvalue weighted by Gasteiger charge is 2.26. The summed E-state index contributed by atoms with van der Waals surface area (Å²) in [6.07, 6.45) is 0.465. The quantitative estimate of drug-likeness (QED) is 0.650. The largest absolute Gasteiger partial charge is 0.480 e. The Morgan fingerprint density at radius 3 is 2.46 bits per heavy atom. The Hall–Kier alpha value is -0.610. The van der Waals surface area contributed by atoms with Crippen LogP contribution in [0.5, 0.6) is 0 Å². The molecule has 0 saturated carbocycles. The molecule has 0 rings (SSSR count). The topological polar surface area (TPSA) is 58.6 Å². The predicted octanol–water partition coefficient (Wildman–Crippen LogP) is 0.864. The highest BCUT2D eigenvalue weighted by atomic mass is 16.5. The number of ether oxygens (including phenoxy) is 1. The zero-order valence-electron chi connectivity index (χ0n) is 8.76. The molecule has 1 atom stereocenters. The molecule has 0 aliphatic rings. The number of likely N-dealkylation sites (N-methyl/N-ethyl adjacent to an activating group) is 1. The van der Waals surface area contributed by atoms with Crippen molar-refractivity contribution < 1.29 is 14.6 Å². The SMILES string of the molecule is CCOC(C)(C)CC(NC)C(=O)O. The summed E-state index contributed by atoms with van der Waals surface area (Å²) in [5, 5.41) is 11.5. The van der Waals surface area contributed by atoms with Crippen LogP contribution in [0.15, 0.2) is 0 Å². The van der Waals surface area contributed by atoms with Crippen molar-refractivity contribution in [2.24, 2.45) is 0 Å². The van der Waals surface area contributed by atoms with Crippen LogP contribution in [-0.4, -0.2) is 36.4 Å². The second-order valence-corrected chi connectivity index (χ2v) is 3.58. The highest BCUT2D eigenvalue weighted by Crippen LogP contribution is 2.16. The minimum Gasteiger partial charge on any atom is -0.480 e. The number of aliphatic carboxylic acids is 1. The molecule has 4 heteroatoms. The van der Waals surface area contributed by atoms with Gasteiger partial charge in [0.1, 0.15) is 6.04 Å². The molecule has 0 amide bonds. The Morgan fingerprint density at radius 1 is 1.62 bits per heavy atom. The third-order valence-corrected chi connectivity index (χ3v) is 1.88. The second kappa shape index (κ2) is 5.19. The molecule has 0 bridgehead atoms. The van der Waals surface area contributed by atoms with Gasteiger partial charge in [0, 0.05) is 13.0 Å². The Bertz CT molecular complexity index is 168. The van der Waals surface area contributed by atoms with E-state index in [2.05, 4.69) is 5.32 Å². The first-order chi connectivity index (χ1) is 5.93. The molecular weight excluding hydrogens is 170 g/mol. The molecule has 13 heavy (non-hydrogen) atoms. The zero-order chi connectivity index (χ0) is 10.5. The van der Waals surface area contributed by atoms with Crippen LogP contribution in [0.25, 0.3) is 0 Å². The fourth-order valence-electron chi connectivity index (χ4n) is 1.25. The van der Waals surface area contributed by atoms with Crippen molar-refractivity contribution in [3.8, 4) is 0 Å². The lowest BCUT2D eigenvalue weighted by Gasteiger charge is -2.27. The van der Waals surface area contributed by atoms with Crippen molar-refractivity contribution in [1.29, 1.82) is 0 Å². The molecule has 0 fully saturated rings. The van der Waals surface area contributed by atoms with E-state index >= 15 is 0 Å². The van der Waals surface area contributed by atoms with Gasteiger partial charge in [0.15, 0.2) is 0 Å². The van der Waals surface area contributed by atoms with E-state index < -0.39 is 12.0 Å². The van der Waals surface area contributed by atoms with Crippen LogP contribution in [0.2, 0.25) is 0 Å². The van der Waals surface area contributed by atoms with Crippen LogP contribution in [0, 0.1) is 0 Å². The van der Waals surface area contributed by atoms with Crippen LogP contribution in [0.3, 0.4) is 0 Å². The lowest BCUT2D eigenvalue weighted by molar-refractivity contribution is -0.141. The van der Waals surface area contributed by atoms with Crippen molar-refractivity contribution in [3.63, 3.8) is 0 Å². The van der Waals surface area contributed by atoms with Crippen molar-refractivity contribution in [2.45, 2.75) is 38.8 Å². The Balaban J connectivity index is 4.13. The summed E-state index contributed by atoms with van der Waals surface area (Å²) in [5.41, 5.74) is -0.388. The van der Waals surface area contributed by atoms with Crippen LogP contribution in [0.4, 0.5) is 0 Å². The molecule has 0 aliphatic carbocycles. The first-order valence-corrected chi connectivity index (χ1v) is 4.47. The minimum absolute atomic E-state index is 0.388. The smallest absolute Gasteiger partial charge is 0.320 e. The zero-order valence-corrected chi connectivity index (χ0v) is 8.76. The lowest BCUT2D eigenvalue weighted by Crippen LogP contribution is -2.41. The molecular formula is C9H19NO3. The molecule has 4 nitrogen and oxygen atoms in total. The number of rotatable bonds is 6. The van der Waals surface area contributed by atoms with Crippen molar-refractivity contribution >= 4 is 5.97 Å². The normalized spacial score (nSPS) is 14.2. The Morgan fingerprint density at radius 2 is 2.15 bits per heavy atom. The predicted molar refractivity (Wildman–Crippen MR) is 50.8 cm³/mol. The molecule has 0 aliphatic heterocycles. The molecule has 0 aromatic carbocycles. The summed E-state index contributed by atoms with van der Waals surface area (Å²) >= 11 is 0. The molecule has 0 heterocycles. The molecule has 0 saturated heterocycles. The Kier molecular flexibility index (Phi) is 4.95. The maximum Gasteiger partial charge on any atom is 0.320 e. The second-order valence-electron chi connectivity index (χ2n) is 3.58. The third-order valence-electron chi connectivity index (χ3n) is 1.88. The number of carboxylic acids is 1. The van der Waals surface area contributed by atoms with Crippen LogP contribution in [-0.2, 0) is 9.53 Å². The van der Waals surface area contributed by atoms with Gasteiger partial charge < -0.3 is 15.2 Å². The first kappa shape index (κ1) is 12.4. The average Bonchev–Trinajstić information content (AvgIpc) is 1.99. The maximum absolute atomic E-state index is 10.7. The van der Waals surface area contributed by atoms with E-state index in [0.29, 0.717) is 13.0 Å². The molecule has 0 radical (unpaired) electrons. The number of carbonyl (C=O) groups is 1. The van der Waals surface area contributed by atoms with Crippen molar-refractivity contribution in [1.82, 2.24) is 5.32 Å². The number of hydrogen-bond donors (Lipinski definition) is 2. The highest BCUT2D eigenvalue weighted by molar-refractivity contribution is 5.73. The van der Waals surface area contributed by atoms with E-state index in [1.165, 1.54) is 0 Å². The molecule has 0 spiro atoms. The van der Waals surface area contributed by atoms with E-state index in [0.717, 1.165) is 0 Å². The summed E-state index contributed by atoms with van der Waals surface area (Å²) in [6.45, 7) is 6.29. The van der Waals surface area contributed by atoms with Gasteiger partial charge >= 0.3 is 5.97 Å². The van der Waals surface area contributed by atoms with Crippen molar-refractivity contribution in [3.05, 3.63) is 0 Å². The van der Waals surface area contributed by atoms with Crippen LogP contribution < -0.4 is 5.32 Å². The van der Waals surface area contributed by atoms with Gasteiger partial charge in [0.05, 0.1) is 5.60 Å². The Labute approximate surface area is 79.3 Å². The van der Waals surface area contributed by atoms with Crippen LogP contribution in [0.1, 0.15) is 27.2 Å². The fourth-order valence-corrected chi connectivity index (χ4v) is 1.25. The van der Waals surface area contributed by atoms with E-state index in [-0.39, 0.29) is 5.60 Å². The van der Waals surface area contributed by atoms with Crippen LogP contribution >= 0.6 is 0 Å². The van der Waals surface area contributed by atoms with E-state index in [4.69, 9.17) is 9.84 Å². The maximum atomic E-state index is 10.7. The average molecular weight is 189 g/mol. The lowest BCUT2D eigenvalue weighted by atomic mass is 9.99. The molecule has 0 aromatic heterocycles. The number of carboxylic acid groups (broad SMARTS) is 1. The fraction of sp³-hybridized carbons (Fsp3) is 0.889. The summed E-state index contributed by atoms with van der Waals surface area (Å²) in [6, 6.07) is -0.540. The molecule has 2 N–H and O–H groups in total. The molecule has 1 unspecified atom stereocenters. The van der Waals surface area contributed by atoms with Gasteiger partial charge in [-0.3, -0.25) is 4.79 Å². The number of nitrogens with one attached hydrogen (secondary N) is 1. The molecule has 0 aromatic rings. The van der Waals surface area contributed by atoms with E-state index in [1.807, 2.05) is 20.8 Å². The van der Waals surface area contributed by atoms with Crippen molar-refractivity contribution in [2.75, 3.05) is 13.7 Å². The van der Waals surface area contributed by atoms with Gasteiger partial charge in [-0.2, -0.15) is 0 Å². The summed E-state index contributed by atoms with van der Waals surface area (Å²) in [7, 11) is 1.64. The summed E-state index contributed by atoms with van der Waals surface area (Å²) < 4.78 is 5.41. The summed E-state index contributed by atoms with van der Waals surface area (Å²) in [4.78, 5) is 10.7.